The lowest BCUT2D eigenvalue weighted by molar-refractivity contribution is 0.413. The van der Waals surface area contributed by atoms with Crippen molar-refractivity contribution in [2.75, 3.05) is 7.11 Å². The van der Waals surface area contributed by atoms with Crippen LogP contribution in [0.5, 0.6) is 5.75 Å². The van der Waals surface area contributed by atoms with Gasteiger partial charge in [0.05, 0.1) is 17.7 Å². The van der Waals surface area contributed by atoms with Crippen molar-refractivity contribution in [2.24, 2.45) is 0 Å². The van der Waals surface area contributed by atoms with Gasteiger partial charge in [-0.25, -0.2) is 0 Å². The van der Waals surface area contributed by atoms with Crippen LogP contribution in [0.15, 0.2) is 12.1 Å². The van der Waals surface area contributed by atoms with Gasteiger partial charge in [0.2, 0.25) is 0 Å². The van der Waals surface area contributed by atoms with E-state index in [4.69, 9.17) is 21.6 Å². The molecule has 0 heterocycles. The van der Waals surface area contributed by atoms with E-state index in [1.54, 1.807) is 6.07 Å². The molecule has 0 N–H and O–H groups in total. The quantitative estimate of drug-likeness (QED) is 0.727. The minimum absolute atomic E-state index is 0.460. The fourth-order valence-corrected chi connectivity index (χ4v) is 1.46. The lowest BCUT2D eigenvalue weighted by atomic mass is 10.1. The third-order valence-corrected chi connectivity index (χ3v) is 2.12. The first-order valence-electron chi connectivity index (χ1n) is 3.99. The standard InChI is InChI=1S/C10H10ClNO/c1-3-7-4-8(6-12)10(13-2)9(11)5-7/h4-5H,3H2,1-2H3. The average molecular weight is 196 g/mol. The highest BCUT2D eigenvalue weighted by atomic mass is 35.5. The molecule has 1 aromatic rings. The zero-order valence-corrected chi connectivity index (χ0v) is 8.35. The number of ether oxygens (including phenoxy) is 1. The molecule has 0 aliphatic rings. The summed E-state index contributed by atoms with van der Waals surface area (Å²) in [6, 6.07) is 5.67. The lowest BCUT2D eigenvalue weighted by Crippen LogP contribution is -1.91. The summed E-state index contributed by atoms with van der Waals surface area (Å²) in [5, 5.41) is 9.30. The predicted molar refractivity (Wildman–Crippen MR) is 52.1 cm³/mol. The molecule has 2 nitrogen and oxygen atoms in total. The fraction of sp³-hybridized carbons (Fsp3) is 0.300. The topological polar surface area (TPSA) is 33.0 Å². The largest absolute Gasteiger partial charge is 0.494 e. The molecule has 0 aliphatic carbocycles. The molecule has 1 rings (SSSR count). The first-order valence-corrected chi connectivity index (χ1v) is 4.37. The number of benzene rings is 1. The van der Waals surface area contributed by atoms with Gasteiger partial charge in [-0.05, 0) is 24.1 Å². The molecule has 0 amide bonds. The smallest absolute Gasteiger partial charge is 0.155 e. The van der Waals surface area contributed by atoms with Crippen LogP contribution in [-0.2, 0) is 6.42 Å². The van der Waals surface area contributed by atoms with Crippen molar-refractivity contribution in [1.29, 1.82) is 5.26 Å². The lowest BCUT2D eigenvalue weighted by Gasteiger charge is -2.06. The summed E-state index contributed by atoms with van der Waals surface area (Å²) < 4.78 is 5.01. The van der Waals surface area contributed by atoms with Crippen LogP contribution < -0.4 is 4.74 Å². The highest BCUT2D eigenvalue weighted by Gasteiger charge is 2.08. The Morgan fingerprint density at radius 3 is 2.69 bits per heavy atom. The van der Waals surface area contributed by atoms with Gasteiger partial charge in [0.1, 0.15) is 6.07 Å². The van der Waals surface area contributed by atoms with Gasteiger partial charge in [-0.2, -0.15) is 5.26 Å². The van der Waals surface area contributed by atoms with E-state index in [2.05, 4.69) is 6.07 Å². The van der Waals surface area contributed by atoms with E-state index in [1.807, 2.05) is 13.0 Å². The molecular formula is C10H10ClNO. The summed E-state index contributed by atoms with van der Waals surface area (Å²) in [5.74, 6) is 0.460. The third kappa shape index (κ3) is 1.93. The van der Waals surface area contributed by atoms with Crippen molar-refractivity contribution >= 4 is 11.6 Å². The summed E-state index contributed by atoms with van der Waals surface area (Å²) in [6.45, 7) is 2.01. The number of aryl methyl sites for hydroxylation is 1. The van der Waals surface area contributed by atoms with Crippen LogP contribution in [0, 0.1) is 11.3 Å². The maximum atomic E-state index is 8.81. The maximum Gasteiger partial charge on any atom is 0.155 e. The van der Waals surface area contributed by atoms with Crippen molar-refractivity contribution < 1.29 is 4.74 Å². The number of nitrogens with zero attached hydrogens (tertiary/aromatic N) is 1. The Morgan fingerprint density at radius 1 is 1.54 bits per heavy atom. The molecule has 3 heteroatoms. The SMILES string of the molecule is CCc1cc(Cl)c(OC)c(C#N)c1. The molecule has 1 aromatic carbocycles. The highest BCUT2D eigenvalue weighted by molar-refractivity contribution is 6.32. The molecule has 0 radical (unpaired) electrons. The van der Waals surface area contributed by atoms with Crippen molar-refractivity contribution in [2.45, 2.75) is 13.3 Å². The molecule has 0 bridgehead atoms. The van der Waals surface area contributed by atoms with Gasteiger partial charge < -0.3 is 4.74 Å². The molecule has 0 fully saturated rings. The second-order valence-corrected chi connectivity index (χ2v) is 3.03. The molecule has 0 aliphatic heterocycles. The Kier molecular flexibility index (Phi) is 3.16. The normalized spacial score (nSPS) is 9.38. The van der Waals surface area contributed by atoms with E-state index >= 15 is 0 Å². The first kappa shape index (κ1) is 9.88. The zero-order valence-electron chi connectivity index (χ0n) is 7.60. The average Bonchev–Trinajstić information content (AvgIpc) is 2.16. The first-order chi connectivity index (χ1) is 6.22. The van der Waals surface area contributed by atoms with Crippen molar-refractivity contribution in [3.63, 3.8) is 0 Å². The summed E-state index contributed by atoms with van der Waals surface area (Å²) in [5.41, 5.74) is 1.54. The van der Waals surface area contributed by atoms with Gasteiger partial charge in [0, 0.05) is 0 Å². The highest BCUT2D eigenvalue weighted by Crippen LogP contribution is 2.29. The number of rotatable bonds is 2. The van der Waals surface area contributed by atoms with Gasteiger partial charge in [-0.3, -0.25) is 0 Å². The fourth-order valence-electron chi connectivity index (χ4n) is 1.14. The monoisotopic (exact) mass is 195 g/mol. The van der Waals surface area contributed by atoms with E-state index in [9.17, 15) is 0 Å². The van der Waals surface area contributed by atoms with Crippen LogP contribution in [-0.4, -0.2) is 7.11 Å². The molecule has 0 spiro atoms. The number of methoxy groups -OCH3 is 1. The molecule has 68 valence electrons. The van der Waals surface area contributed by atoms with Crippen LogP contribution in [0.3, 0.4) is 0 Å². The molecule has 0 saturated heterocycles. The second-order valence-electron chi connectivity index (χ2n) is 2.62. The Bertz CT molecular complexity index is 355. The number of halogens is 1. The van der Waals surface area contributed by atoms with E-state index in [1.165, 1.54) is 7.11 Å². The molecular weight excluding hydrogens is 186 g/mol. The van der Waals surface area contributed by atoms with Gasteiger partial charge in [-0.15, -0.1) is 0 Å². The Labute approximate surface area is 82.7 Å². The molecule has 0 saturated carbocycles. The molecule has 0 unspecified atom stereocenters. The zero-order chi connectivity index (χ0) is 9.84. The second kappa shape index (κ2) is 4.15. The summed E-state index contributed by atoms with van der Waals surface area (Å²) in [7, 11) is 1.51. The van der Waals surface area contributed by atoms with Crippen molar-refractivity contribution in [3.05, 3.63) is 28.3 Å². The minimum Gasteiger partial charge on any atom is -0.494 e. The molecule has 13 heavy (non-hydrogen) atoms. The maximum absolute atomic E-state index is 8.81. The van der Waals surface area contributed by atoms with E-state index in [-0.39, 0.29) is 0 Å². The van der Waals surface area contributed by atoms with E-state index < -0.39 is 0 Å². The summed E-state index contributed by atoms with van der Waals surface area (Å²) in [6.07, 6.45) is 0.860. The van der Waals surface area contributed by atoms with Crippen molar-refractivity contribution in [1.82, 2.24) is 0 Å². The Balaban J connectivity index is 3.31. The van der Waals surface area contributed by atoms with E-state index in [0.717, 1.165) is 12.0 Å². The van der Waals surface area contributed by atoms with Gasteiger partial charge in [0.25, 0.3) is 0 Å². The van der Waals surface area contributed by atoms with Gasteiger partial charge in [0.15, 0.2) is 5.75 Å². The number of nitriles is 1. The third-order valence-electron chi connectivity index (χ3n) is 1.84. The molecule has 0 atom stereocenters. The van der Waals surface area contributed by atoms with Crippen LogP contribution in [0.1, 0.15) is 18.1 Å². The summed E-state index contributed by atoms with van der Waals surface area (Å²) in [4.78, 5) is 0. The van der Waals surface area contributed by atoms with Gasteiger partial charge >= 0.3 is 0 Å². The van der Waals surface area contributed by atoms with E-state index in [0.29, 0.717) is 16.3 Å². The number of hydrogen-bond acceptors (Lipinski definition) is 2. The van der Waals surface area contributed by atoms with Crippen molar-refractivity contribution in [3.8, 4) is 11.8 Å². The van der Waals surface area contributed by atoms with Crippen LogP contribution >= 0.6 is 11.6 Å². The summed E-state index contributed by atoms with van der Waals surface area (Å²) >= 11 is 5.92. The number of hydrogen-bond donors (Lipinski definition) is 0. The predicted octanol–water partition coefficient (Wildman–Crippen LogP) is 2.78. The van der Waals surface area contributed by atoms with Crippen LogP contribution in [0.4, 0.5) is 0 Å². The van der Waals surface area contributed by atoms with Crippen LogP contribution in [0.25, 0.3) is 0 Å². The molecule has 0 aromatic heterocycles. The minimum atomic E-state index is 0.460. The van der Waals surface area contributed by atoms with Crippen LogP contribution in [0.2, 0.25) is 5.02 Å². The van der Waals surface area contributed by atoms with Gasteiger partial charge in [-0.1, -0.05) is 18.5 Å². The Hall–Kier alpha value is -1.20. The Morgan fingerprint density at radius 2 is 2.23 bits per heavy atom.